The average molecular weight is 242 g/mol. The monoisotopic (exact) mass is 242 g/mol. The smallest absolute Gasteiger partial charge is 0.127 e. The molecule has 3 rings (SSSR count). The lowest BCUT2D eigenvalue weighted by atomic mass is 10.1. The molecule has 3 nitrogen and oxygen atoms in total. The lowest BCUT2D eigenvalue weighted by molar-refractivity contribution is 0.417. The van der Waals surface area contributed by atoms with Crippen molar-refractivity contribution in [2.75, 3.05) is 11.4 Å². The SMILES string of the molecule is CC(N)C(c1ccco1)N1CCc2ccccc21. The molecule has 2 heterocycles. The van der Waals surface area contributed by atoms with Gasteiger partial charge in [-0.2, -0.15) is 0 Å². The number of nitrogens with two attached hydrogens (primary N) is 1. The normalized spacial score (nSPS) is 17.6. The van der Waals surface area contributed by atoms with E-state index in [-0.39, 0.29) is 12.1 Å². The van der Waals surface area contributed by atoms with E-state index in [0.717, 1.165) is 18.7 Å². The maximum atomic E-state index is 6.16. The highest BCUT2D eigenvalue weighted by Crippen LogP contribution is 2.36. The minimum atomic E-state index is 0.0299. The van der Waals surface area contributed by atoms with Gasteiger partial charge in [0.15, 0.2) is 0 Å². The van der Waals surface area contributed by atoms with Crippen molar-refractivity contribution in [3.63, 3.8) is 0 Å². The van der Waals surface area contributed by atoms with Crippen LogP contribution in [0.4, 0.5) is 5.69 Å². The molecule has 2 N–H and O–H groups in total. The molecule has 1 aliphatic rings. The quantitative estimate of drug-likeness (QED) is 0.900. The van der Waals surface area contributed by atoms with Crippen LogP contribution in [0.25, 0.3) is 0 Å². The number of nitrogens with zero attached hydrogens (tertiary/aromatic N) is 1. The first-order valence-corrected chi connectivity index (χ1v) is 6.41. The predicted octanol–water partition coefficient (Wildman–Crippen LogP) is 2.73. The van der Waals surface area contributed by atoms with Crippen LogP contribution in [-0.2, 0) is 6.42 Å². The number of para-hydroxylation sites is 1. The number of rotatable bonds is 3. The number of hydrogen-bond acceptors (Lipinski definition) is 3. The van der Waals surface area contributed by atoms with Crippen molar-refractivity contribution in [3.05, 3.63) is 54.0 Å². The molecule has 0 fully saturated rings. The number of furan rings is 1. The summed E-state index contributed by atoms with van der Waals surface area (Å²) in [5.74, 6) is 0.946. The molecule has 0 aliphatic carbocycles. The third-order valence-corrected chi connectivity index (χ3v) is 3.59. The van der Waals surface area contributed by atoms with Crippen LogP contribution >= 0.6 is 0 Å². The molecule has 3 heteroatoms. The highest BCUT2D eigenvalue weighted by Gasteiger charge is 2.30. The van der Waals surface area contributed by atoms with E-state index in [0.29, 0.717) is 0 Å². The van der Waals surface area contributed by atoms with Gasteiger partial charge in [-0.25, -0.2) is 0 Å². The van der Waals surface area contributed by atoms with Crippen LogP contribution < -0.4 is 10.6 Å². The van der Waals surface area contributed by atoms with Crippen molar-refractivity contribution >= 4 is 5.69 Å². The first-order chi connectivity index (χ1) is 8.77. The summed E-state index contributed by atoms with van der Waals surface area (Å²) in [6.45, 7) is 3.04. The number of anilines is 1. The van der Waals surface area contributed by atoms with E-state index in [1.54, 1.807) is 6.26 Å². The van der Waals surface area contributed by atoms with E-state index in [1.165, 1.54) is 11.3 Å². The van der Waals surface area contributed by atoms with E-state index in [1.807, 2.05) is 19.1 Å². The summed E-state index contributed by atoms with van der Waals surface area (Å²) in [6.07, 6.45) is 2.80. The van der Waals surface area contributed by atoms with Crippen molar-refractivity contribution in [1.82, 2.24) is 0 Å². The summed E-state index contributed by atoms with van der Waals surface area (Å²) < 4.78 is 5.56. The van der Waals surface area contributed by atoms with Crippen LogP contribution in [0.5, 0.6) is 0 Å². The molecule has 0 spiro atoms. The Hall–Kier alpha value is -1.74. The Labute approximate surface area is 107 Å². The second kappa shape index (κ2) is 4.50. The van der Waals surface area contributed by atoms with E-state index in [4.69, 9.17) is 10.2 Å². The van der Waals surface area contributed by atoms with Gasteiger partial charge >= 0.3 is 0 Å². The highest BCUT2D eigenvalue weighted by atomic mass is 16.3. The van der Waals surface area contributed by atoms with Crippen LogP contribution in [0.2, 0.25) is 0 Å². The Morgan fingerprint density at radius 2 is 2.06 bits per heavy atom. The minimum absolute atomic E-state index is 0.0299. The zero-order valence-electron chi connectivity index (χ0n) is 10.5. The highest BCUT2D eigenvalue weighted by molar-refractivity contribution is 5.59. The van der Waals surface area contributed by atoms with Gasteiger partial charge in [-0.3, -0.25) is 0 Å². The Balaban J connectivity index is 1.99. The fourth-order valence-electron chi connectivity index (χ4n) is 2.81. The lowest BCUT2D eigenvalue weighted by Gasteiger charge is -2.31. The standard InChI is InChI=1S/C15H18N2O/c1-11(16)15(14-7-4-10-18-14)17-9-8-12-5-2-3-6-13(12)17/h2-7,10-11,15H,8-9,16H2,1H3. The first-order valence-electron chi connectivity index (χ1n) is 6.41. The summed E-state index contributed by atoms with van der Waals surface area (Å²) >= 11 is 0. The molecule has 0 bridgehead atoms. The van der Waals surface area contributed by atoms with Gasteiger partial charge in [-0.05, 0) is 37.1 Å². The lowest BCUT2D eigenvalue weighted by Crippen LogP contribution is -2.38. The predicted molar refractivity (Wildman–Crippen MR) is 72.6 cm³/mol. The van der Waals surface area contributed by atoms with E-state index >= 15 is 0 Å². The van der Waals surface area contributed by atoms with Gasteiger partial charge in [0, 0.05) is 18.3 Å². The van der Waals surface area contributed by atoms with Gasteiger partial charge in [0.25, 0.3) is 0 Å². The fourth-order valence-corrected chi connectivity index (χ4v) is 2.81. The number of fused-ring (bicyclic) bond motifs is 1. The Morgan fingerprint density at radius 3 is 2.78 bits per heavy atom. The Bertz CT molecular complexity index is 519. The molecular weight excluding hydrogens is 224 g/mol. The Morgan fingerprint density at radius 1 is 1.22 bits per heavy atom. The van der Waals surface area contributed by atoms with Crippen LogP contribution in [-0.4, -0.2) is 12.6 Å². The molecule has 0 saturated carbocycles. The first kappa shape index (κ1) is 11.4. The van der Waals surface area contributed by atoms with Gasteiger partial charge in [0.05, 0.1) is 6.26 Å². The van der Waals surface area contributed by atoms with Crippen molar-refractivity contribution in [3.8, 4) is 0 Å². The van der Waals surface area contributed by atoms with E-state index in [9.17, 15) is 0 Å². The van der Waals surface area contributed by atoms with Gasteiger partial charge in [0.1, 0.15) is 11.8 Å². The second-order valence-corrected chi connectivity index (χ2v) is 4.89. The number of hydrogen-bond donors (Lipinski definition) is 1. The van der Waals surface area contributed by atoms with Crippen molar-refractivity contribution in [1.29, 1.82) is 0 Å². The average Bonchev–Trinajstić information content (AvgIpc) is 3.00. The molecule has 2 aromatic rings. The third-order valence-electron chi connectivity index (χ3n) is 3.59. The summed E-state index contributed by atoms with van der Waals surface area (Å²) in [4.78, 5) is 2.36. The maximum Gasteiger partial charge on any atom is 0.127 e. The third kappa shape index (κ3) is 1.81. The summed E-state index contributed by atoms with van der Waals surface area (Å²) in [5.41, 5.74) is 8.85. The maximum absolute atomic E-state index is 6.16. The molecule has 1 aromatic heterocycles. The molecule has 94 valence electrons. The van der Waals surface area contributed by atoms with Crippen LogP contribution in [0.3, 0.4) is 0 Å². The van der Waals surface area contributed by atoms with Crippen molar-refractivity contribution < 1.29 is 4.42 Å². The second-order valence-electron chi connectivity index (χ2n) is 4.89. The molecule has 18 heavy (non-hydrogen) atoms. The summed E-state index contributed by atoms with van der Waals surface area (Å²) in [6, 6.07) is 12.6. The fraction of sp³-hybridized carbons (Fsp3) is 0.333. The van der Waals surface area contributed by atoms with Crippen LogP contribution in [0, 0.1) is 0 Å². The molecule has 2 unspecified atom stereocenters. The Kier molecular flexibility index (Phi) is 2.84. The van der Waals surface area contributed by atoms with E-state index < -0.39 is 0 Å². The van der Waals surface area contributed by atoms with Gasteiger partial charge < -0.3 is 15.1 Å². The molecule has 1 aliphatic heterocycles. The van der Waals surface area contributed by atoms with Gasteiger partial charge in [-0.15, -0.1) is 0 Å². The van der Waals surface area contributed by atoms with Gasteiger partial charge in [0.2, 0.25) is 0 Å². The molecule has 0 amide bonds. The van der Waals surface area contributed by atoms with Crippen molar-refractivity contribution in [2.45, 2.75) is 25.4 Å². The number of benzene rings is 1. The van der Waals surface area contributed by atoms with Gasteiger partial charge in [-0.1, -0.05) is 18.2 Å². The topological polar surface area (TPSA) is 42.4 Å². The van der Waals surface area contributed by atoms with Crippen molar-refractivity contribution in [2.24, 2.45) is 5.73 Å². The minimum Gasteiger partial charge on any atom is -0.467 e. The molecule has 0 saturated heterocycles. The molecular formula is C15H18N2O. The zero-order valence-corrected chi connectivity index (χ0v) is 10.5. The van der Waals surface area contributed by atoms with Crippen LogP contribution in [0.1, 0.15) is 24.3 Å². The molecule has 1 aromatic carbocycles. The summed E-state index contributed by atoms with van der Waals surface area (Å²) in [7, 11) is 0. The van der Waals surface area contributed by atoms with Crippen LogP contribution in [0.15, 0.2) is 47.1 Å². The largest absolute Gasteiger partial charge is 0.467 e. The summed E-state index contributed by atoms with van der Waals surface area (Å²) in [5, 5.41) is 0. The molecule has 2 atom stereocenters. The molecule has 0 radical (unpaired) electrons. The zero-order chi connectivity index (χ0) is 12.5. The van der Waals surface area contributed by atoms with E-state index in [2.05, 4.69) is 29.2 Å².